The van der Waals surface area contributed by atoms with E-state index in [1.54, 1.807) is 0 Å². The van der Waals surface area contributed by atoms with Gasteiger partial charge < -0.3 is 17.1 Å². The van der Waals surface area contributed by atoms with E-state index in [-0.39, 0.29) is 36.7 Å². The zero-order chi connectivity index (χ0) is 12.6. The summed E-state index contributed by atoms with van der Waals surface area (Å²) in [5.41, 5.74) is 5.75. The SMILES string of the molecule is Nc1cc(C2CC(Cl)=NO2)nc(C(=O)O)c1Cl.[H-].[Li+]. The van der Waals surface area contributed by atoms with Crippen LogP contribution in [0.4, 0.5) is 5.69 Å². The van der Waals surface area contributed by atoms with Crippen LogP contribution in [0.15, 0.2) is 11.2 Å². The van der Waals surface area contributed by atoms with Gasteiger partial charge in [-0.15, -0.1) is 0 Å². The third kappa shape index (κ3) is 2.90. The van der Waals surface area contributed by atoms with E-state index >= 15 is 0 Å². The summed E-state index contributed by atoms with van der Waals surface area (Å²) >= 11 is 11.4. The number of pyridine rings is 1. The fraction of sp³-hybridized carbons (Fsp3) is 0.222. The number of rotatable bonds is 2. The summed E-state index contributed by atoms with van der Waals surface area (Å²) in [5, 5.41) is 12.7. The van der Waals surface area contributed by atoms with Crippen LogP contribution in [0.25, 0.3) is 0 Å². The van der Waals surface area contributed by atoms with Crippen LogP contribution in [0.3, 0.4) is 0 Å². The molecule has 0 bridgehead atoms. The van der Waals surface area contributed by atoms with Crippen LogP contribution >= 0.6 is 23.2 Å². The molecule has 0 saturated heterocycles. The van der Waals surface area contributed by atoms with E-state index in [4.69, 9.17) is 38.9 Å². The van der Waals surface area contributed by atoms with Gasteiger partial charge in [-0.05, 0) is 6.07 Å². The number of carboxylic acid groups (broad SMARTS) is 1. The second-order valence-electron chi connectivity index (χ2n) is 3.37. The maximum Gasteiger partial charge on any atom is 1.00 e. The third-order valence-electron chi connectivity index (χ3n) is 2.17. The van der Waals surface area contributed by atoms with Gasteiger partial charge in [0.05, 0.1) is 16.4 Å². The molecule has 1 unspecified atom stereocenters. The molecule has 1 aromatic heterocycles. The molecule has 1 aliphatic heterocycles. The number of anilines is 1. The first-order valence-corrected chi connectivity index (χ1v) is 5.32. The van der Waals surface area contributed by atoms with Crippen LogP contribution in [0.5, 0.6) is 0 Å². The van der Waals surface area contributed by atoms with Gasteiger partial charge in [0, 0.05) is 6.42 Å². The first-order valence-electron chi connectivity index (χ1n) is 4.56. The number of nitrogens with zero attached hydrogens (tertiary/aromatic N) is 2. The maximum absolute atomic E-state index is 10.9. The summed E-state index contributed by atoms with van der Waals surface area (Å²) in [4.78, 5) is 19.8. The van der Waals surface area contributed by atoms with Crippen molar-refractivity contribution in [2.45, 2.75) is 12.5 Å². The molecule has 9 heteroatoms. The zero-order valence-corrected chi connectivity index (χ0v) is 10.9. The number of nitrogens with two attached hydrogens (primary N) is 1. The number of halogens is 2. The van der Waals surface area contributed by atoms with Crippen LogP contribution in [-0.2, 0) is 4.84 Å². The number of hydrogen-bond acceptors (Lipinski definition) is 5. The van der Waals surface area contributed by atoms with Crippen molar-refractivity contribution in [3.05, 3.63) is 22.5 Å². The van der Waals surface area contributed by atoms with Crippen molar-refractivity contribution in [1.29, 1.82) is 0 Å². The van der Waals surface area contributed by atoms with E-state index in [0.29, 0.717) is 17.3 Å². The average Bonchev–Trinajstić information content (AvgIpc) is 2.68. The third-order valence-corrected chi connectivity index (χ3v) is 2.79. The van der Waals surface area contributed by atoms with Gasteiger partial charge in [0.15, 0.2) is 11.8 Å². The van der Waals surface area contributed by atoms with Crippen molar-refractivity contribution in [2.24, 2.45) is 5.16 Å². The molecule has 2 rings (SSSR count). The second-order valence-corrected chi connectivity index (χ2v) is 4.18. The van der Waals surface area contributed by atoms with Gasteiger partial charge in [0.2, 0.25) is 0 Å². The number of carboxylic acids is 1. The van der Waals surface area contributed by atoms with Gasteiger partial charge in [-0.1, -0.05) is 28.4 Å². The number of oxime groups is 1. The Kier molecular flexibility index (Phi) is 4.88. The molecule has 3 N–H and O–H groups in total. The maximum atomic E-state index is 10.9. The minimum Gasteiger partial charge on any atom is -1.00 e. The van der Waals surface area contributed by atoms with E-state index < -0.39 is 12.1 Å². The molecule has 0 saturated carbocycles. The molecule has 0 spiro atoms. The Morgan fingerprint density at radius 3 is 2.78 bits per heavy atom. The van der Waals surface area contributed by atoms with Gasteiger partial charge in [-0.25, -0.2) is 9.78 Å². The van der Waals surface area contributed by atoms with Crippen molar-refractivity contribution in [3.63, 3.8) is 0 Å². The molecule has 0 aliphatic carbocycles. The van der Waals surface area contributed by atoms with Gasteiger partial charge in [0.1, 0.15) is 5.17 Å². The minimum absolute atomic E-state index is 0. The molecule has 0 radical (unpaired) electrons. The smallest absolute Gasteiger partial charge is 1.00 e. The van der Waals surface area contributed by atoms with Crippen molar-refractivity contribution >= 4 is 40.0 Å². The Morgan fingerprint density at radius 1 is 1.61 bits per heavy atom. The largest absolute Gasteiger partial charge is 1.00 e. The van der Waals surface area contributed by atoms with Gasteiger partial charge in [0.25, 0.3) is 0 Å². The predicted molar refractivity (Wildman–Crippen MR) is 63.5 cm³/mol. The summed E-state index contributed by atoms with van der Waals surface area (Å²) in [6, 6.07) is 1.45. The Hall–Kier alpha value is -0.933. The molecule has 0 amide bonds. The molecule has 6 nitrogen and oxygen atoms in total. The standard InChI is InChI=1S/C9H7Cl2N3O3.Li.H/c10-6-2-5(17-14-6)4-1-3(12)7(11)8(13-4)9(15)16;;/h1,5H,2H2,(H2,12,13)(H,15,16);;/q;+1;-1. The average molecular weight is 284 g/mol. The fourth-order valence-electron chi connectivity index (χ4n) is 1.38. The molecule has 1 atom stereocenters. The minimum atomic E-state index is -1.26. The Balaban J connectivity index is 0.00000162. The number of aromatic nitrogens is 1. The van der Waals surface area contributed by atoms with Crippen LogP contribution < -0.4 is 24.6 Å². The Bertz CT molecular complexity index is 530. The number of hydrogen-bond donors (Lipinski definition) is 2. The fourth-order valence-corrected chi connectivity index (χ4v) is 1.74. The van der Waals surface area contributed by atoms with Gasteiger partial charge in [-0.3, -0.25) is 0 Å². The summed E-state index contributed by atoms with van der Waals surface area (Å²) < 4.78 is 0. The molecule has 2 heterocycles. The monoisotopic (exact) mass is 283 g/mol. The first kappa shape index (κ1) is 15.1. The molecular formula is C9H8Cl2LiN3O3. The van der Waals surface area contributed by atoms with E-state index in [1.807, 2.05) is 0 Å². The van der Waals surface area contributed by atoms with E-state index in [2.05, 4.69) is 10.1 Å². The Morgan fingerprint density at radius 2 is 2.28 bits per heavy atom. The van der Waals surface area contributed by atoms with E-state index in [0.717, 1.165) is 0 Å². The molecule has 1 aromatic rings. The molecule has 18 heavy (non-hydrogen) atoms. The van der Waals surface area contributed by atoms with Crippen molar-refractivity contribution < 1.29 is 35.0 Å². The zero-order valence-electron chi connectivity index (χ0n) is 10.4. The first-order chi connectivity index (χ1) is 7.99. The molecule has 0 aromatic carbocycles. The van der Waals surface area contributed by atoms with E-state index in [9.17, 15) is 4.79 Å². The Labute approximate surface area is 126 Å². The number of nitrogen functional groups attached to an aromatic ring is 1. The summed E-state index contributed by atoms with van der Waals surface area (Å²) in [6.07, 6.45) is -0.200. The van der Waals surface area contributed by atoms with Crippen molar-refractivity contribution in [1.82, 2.24) is 4.98 Å². The van der Waals surface area contributed by atoms with Gasteiger partial charge in [-0.2, -0.15) is 0 Å². The van der Waals surface area contributed by atoms with Gasteiger partial charge >= 0.3 is 24.8 Å². The number of carbonyl (C=O) groups is 1. The van der Waals surface area contributed by atoms with Crippen molar-refractivity contribution in [2.75, 3.05) is 5.73 Å². The second kappa shape index (κ2) is 5.81. The normalized spacial score (nSPS) is 17.7. The predicted octanol–water partition coefficient (Wildman–Crippen LogP) is -0.854. The van der Waals surface area contributed by atoms with Crippen LogP contribution in [0, 0.1) is 0 Å². The topological polar surface area (TPSA) is 97.8 Å². The van der Waals surface area contributed by atoms with Crippen LogP contribution in [0.2, 0.25) is 5.02 Å². The number of aromatic carboxylic acids is 1. The van der Waals surface area contributed by atoms with E-state index in [1.165, 1.54) is 6.07 Å². The quantitative estimate of drug-likeness (QED) is 0.689. The summed E-state index contributed by atoms with van der Waals surface area (Å²) in [5.74, 6) is -1.26. The molecule has 1 aliphatic rings. The van der Waals surface area contributed by atoms with Crippen LogP contribution in [-0.4, -0.2) is 21.2 Å². The molecule has 0 fully saturated rings. The van der Waals surface area contributed by atoms with Crippen molar-refractivity contribution in [3.8, 4) is 0 Å². The molecular weight excluding hydrogens is 276 g/mol. The molecule has 92 valence electrons. The summed E-state index contributed by atoms with van der Waals surface area (Å²) in [6.45, 7) is 0. The summed E-state index contributed by atoms with van der Waals surface area (Å²) in [7, 11) is 0. The van der Waals surface area contributed by atoms with Crippen LogP contribution in [0.1, 0.15) is 30.1 Å².